The molecule has 0 aliphatic carbocycles. The number of carbonyl (C=O) groups excluding carboxylic acids is 1. The van der Waals surface area contributed by atoms with E-state index in [0.717, 1.165) is 11.0 Å². The summed E-state index contributed by atoms with van der Waals surface area (Å²) in [5, 5.41) is 0. The molecule has 6 nitrogen and oxygen atoms in total. The number of alkyl halides is 3. The second kappa shape index (κ2) is 7.40. The molecule has 1 aliphatic rings. The predicted molar refractivity (Wildman–Crippen MR) is 109 cm³/mol. The molecule has 3 heterocycles. The SMILES string of the molecule is O=C(c1ccc2nc[nH]c2c1)N1CCC(Cn2c(C(F)(F)F)nc3ccccc32)CC1. The van der Waals surface area contributed by atoms with Crippen LogP contribution in [0.15, 0.2) is 48.8 Å². The summed E-state index contributed by atoms with van der Waals surface area (Å²) >= 11 is 0. The number of nitrogens with one attached hydrogen (secondary N) is 1. The maximum atomic E-state index is 13.5. The first-order chi connectivity index (χ1) is 14.9. The number of aromatic amines is 1. The average molecular weight is 427 g/mol. The van der Waals surface area contributed by atoms with E-state index >= 15 is 0 Å². The van der Waals surface area contributed by atoms with Gasteiger partial charge < -0.3 is 14.5 Å². The van der Waals surface area contributed by atoms with Gasteiger partial charge in [-0.3, -0.25) is 4.79 Å². The quantitative estimate of drug-likeness (QED) is 0.524. The van der Waals surface area contributed by atoms with E-state index in [-0.39, 0.29) is 18.4 Å². The number of halogens is 3. The van der Waals surface area contributed by atoms with Gasteiger partial charge in [0.15, 0.2) is 0 Å². The summed E-state index contributed by atoms with van der Waals surface area (Å²) in [4.78, 5) is 25.6. The lowest BCUT2D eigenvalue weighted by molar-refractivity contribution is -0.147. The van der Waals surface area contributed by atoms with E-state index in [1.807, 2.05) is 0 Å². The van der Waals surface area contributed by atoms with Gasteiger partial charge in [-0.05, 0) is 49.1 Å². The molecule has 1 aliphatic heterocycles. The van der Waals surface area contributed by atoms with Gasteiger partial charge >= 0.3 is 6.18 Å². The Labute approximate surface area is 175 Å². The van der Waals surface area contributed by atoms with Crippen LogP contribution in [-0.4, -0.2) is 43.4 Å². The van der Waals surface area contributed by atoms with Crippen molar-refractivity contribution in [1.29, 1.82) is 0 Å². The summed E-state index contributed by atoms with van der Waals surface area (Å²) in [7, 11) is 0. The van der Waals surface area contributed by atoms with Crippen LogP contribution >= 0.6 is 0 Å². The van der Waals surface area contributed by atoms with Crippen molar-refractivity contribution in [3.8, 4) is 0 Å². The normalized spacial score (nSPS) is 15.8. The minimum absolute atomic E-state index is 0.0397. The van der Waals surface area contributed by atoms with Gasteiger partial charge in [0.25, 0.3) is 5.91 Å². The molecule has 0 bridgehead atoms. The molecule has 2 aromatic carbocycles. The maximum absolute atomic E-state index is 13.5. The van der Waals surface area contributed by atoms with Crippen LogP contribution in [0.5, 0.6) is 0 Å². The fourth-order valence-corrected chi connectivity index (χ4v) is 4.30. The molecular formula is C22H20F3N5O. The zero-order valence-electron chi connectivity index (χ0n) is 16.6. The van der Waals surface area contributed by atoms with E-state index in [0.29, 0.717) is 42.5 Å². The Kier molecular flexibility index (Phi) is 4.68. The predicted octanol–water partition coefficient (Wildman–Crippen LogP) is 4.48. The van der Waals surface area contributed by atoms with Crippen molar-refractivity contribution in [1.82, 2.24) is 24.4 Å². The number of fused-ring (bicyclic) bond motifs is 2. The monoisotopic (exact) mass is 427 g/mol. The zero-order chi connectivity index (χ0) is 21.6. The molecule has 0 saturated carbocycles. The van der Waals surface area contributed by atoms with Crippen LogP contribution < -0.4 is 0 Å². The Hall–Kier alpha value is -3.36. The van der Waals surface area contributed by atoms with Gasteiger partial charge in [-0.15, -0.1) is 0 Å². The highest BCUT2D eigenvalue weighted by Gasteiger charge is 2.38. The van der Waals surface area contributed by atoms with Crippen molar-refractivity contribution < 1.29 is 18.0 Å². The molecule has 1 N–H and O–H groups in total. The number of para-hydroxylation sites is 2. The first kappa shape index (κ1) is 19.6. The number of hydrogen-bond acceptors (Lipinski definition) is 3. The molecule has 0 radical (unpaired) electrons. The summed E-state index contributed by atoms with van der Waals surface area (Å²) in [5.74, 6) is -0.892. The van der Waals surface area contributed by atoms with Gasteiger partial charge in [0.2, 0.25) is 5.82 Å². The third-order valence-electron chi connectivity index (χ3n) is 5.92. The van der Waals surface area contributed by atoms with Crippen molar-refractivity contribution in [2.24, 2.45) is 5.92 Å². The first-order valence-corrected chi connectivity index (χ1v) is 10.1. The van der Waals surface area contributed by atoms with Crippen LogP contribution in [-0.2, 0) is 12.7 Å². The average Bonchev–Trinajstić information content (AvgIpc) is 3.38. The molecule has 0 atom stereocenters. The molecule has 4 aromatic rings. The summed E-state index contributed by atoms with van der Waals surface area (Å²) < 4.78 is 41.9. The van der Waals surface area contributed by atoms with E-state index in [9.17, 15) is 18.0 Å². The molecule has 0 unspecified atom stereocenters. The number of nitrogens with zero attached hydrogens (tertiary/aromatic N) is 4. The van der Waals surface area contributed by atoms with Crippen molar-refractivity contribution in [2.75, 3.05) is 13.1 Å². The van der Waals surface area contributed by atoms with Gasteiger partial charge in [0.05, 0.1) is 28.4 Å². The third-order valence-corrected chi connectivity index (χ3v) is 5.92. The number of likely N-dealkylation sites (tertiary alicyclic amines) is 1. The number of benzene rings is 2. The Bertz CT molecular complexity index is 1250. The van der Waals surface area contributed by atoms with Crippen LogP contribution in [0.4, 0.5) is 13.2 Å². The number of piperidine rings is 1. The van der Waals surface area contributed by atoms with E-state index in [2.05, 4.69) is 15.0 Å². The summed E-state index contributed by atoms with van der Waals surface area (Å²) in [6.07, 6.45) is -1.65. The lowest BCUT2D eigenvalue weighted by atomic mass is 9.96. The van der Waals surface area contributed by atoms with E-state index in [1.54, 1.807) is 53.7 Å². The van der Waals surface area contributed by atoms with Crippen LogP contribution in [0.1, 0.15) is 29.0 Å². The third kappa shape index (κ3) is 3.64. The van der Waals surface area contributed by atoms with Crippen LogP contribution in [0, 0.1) is 5.92 Å². The molecule has 160 valence electrons. The van der Waals surface area contributed by atoms with Gasteiger partial charge in [0.1, 0.15) is 0 Å². The minimum Gasteiger partial charge on any atom is -0.345 e. The molecule has 0 spiro atoms. The molecule has 2 aromatic heterocycles. The van der Waals surface area contributed by atoms with E-state index in [1.165, 1.54) is 4.57 Å². The Morgan fingerprint density at radius 2 is 1.87 bits per heavy atom. The summed E-state index contributed by atoms with van der Waals surface area (Å²) in [6, 6.07) is 12.0. The number of amides is 1. The fraction of sp³-hybridized carbons (Fsp3) is 0.318. The Morgan fingerprint density at radius 1 is 1.10 bits per heavy atom. The van der Waals surface area contributed by atoms with Crippen molar-refractivity contribution in [3.05, 3.63) is 60.2 Å². The second-order valence-corrected chi connectivity index (χ2v) is 7.90. The standard InChI is InChI=1S/C22H20F3N5O/c23-22(24,25)21-28-17-3-1-2-4-19(17)30(21)12-14-7-9-29(10-8-14)20(31)15-5-6-16-18(11-15)27-13-26-16/h1-6,11,13-14H,7-10,12H2,(H,26,27). The lowest BCUT2D eigenvalue weighted by Crippen LogP contribution is -2.39. The van der Waals surface area contributed by atoms with Crippen LogP contribution in [0.25, 0.3) is 22.1 Å². The van der Waals surface area contributed by atoms with Crippen molar-refractivity contribution in [3.63, 3.8) is 0 Å². The Balaban J connectivity index is 1.31. The number of hydrogen-bond donors (Lipinski definition) is 1. The number of aromatic nitrogens is 4. The minimum atomic E-state index is -4.51. The zero-order valence-corrected chi connectivity index (χ0v) is 16.6. The van der Waals surface area contributed by atoms with Crippen molar-refractivity contribution >= 4 is 28.0 Å². The van der Waals surface area contributed by atoms with Crippen LogP contribution in [0.3, 0.4) is 0 Å². The molecule has 1 amide bonds. The lowest BCUT2D eigenvalue weighted by Gasteiger charge is -2.32. The van der Waals surface area contributed by atoms with Gasteiger partial charge in [-0.2, -0.15) is 13.2 Å². The molecular weight excluding hydrogens is 407 g/mol. The summed E-state index contributed by atoms with van der Waals surface area (Å²) in [5.41, 5.74) is 3.00. The maximum Gasteiger partial charge on any atom is 0.449 e. The van der Waals surface area contributed by atoms with Crippen LogP contribution in [0.2, 0.25) is 0 Å². The molecule has 5 rings (SSSR count). The van der Waals surface area contributed by atoms with Gasteiger partial charge in [-0.1, -0.05) is 12.1 Å². The number of imidazole rings is 2. The topological polar surface area (TPSA) is 66.8 Å². The smallest absolute Gasteiger partial charge is 0.345 e. The summed E-state index contributed by atoms with van der Waals surface area (Å²) in [6.45, 7) is 1.26. The van der Waals surface area contributed by atoms with E-state index < -0.39 is 12.0 Å². The highest BCUT2D eigenvalue weighted by molar-refractivity contribution is 5.97. The highest BCUT2D eigenvalue weighted by Crippen LogP contribution is 2.33. The van der Waals surface area contributed by atoms with Gasteiger partial charge in [0, 0.05) is 25.2 Å². The van der Waals surface area contributed by atoms with Gasteiger partial charge in [-0.25, -0.2) is 9.97 Å². The largest absolute Gasteiger partial charge is 0.449 e. The highest BCUT2D eigenvalue weighted by atomic mass is 19.4. The number of H-pyrrole nitrogens is 1. The molecule has 9 heteroatoms. The molecule has 31 heavy (non-hydrogen) atoms. The fourth-order valence-electron chi connectivity index (χ4n) is 4.30. The molecule has 1 fully saturated rings. The Morgan fingerprint density at radius 3 is 2.65 bits per heavy atom. The molecule has 1 saturated heterocycles. The van der Waals surface area contributed by atoms with Crippen molar-refractivity contribution in [2.45, 2.75) is 25.6 Å². The first-order valence-electron chi connectivity index (χ1n) is 10.1. The number of rotatable bonds is 3. The van der Waals surface area contributed by atoms with E-state index in [4.69, 9.17) is 0 Å². The number of carbonyl (C=O) groups is 1. The second-order valence-electron chi connectivity index (χ2n) is 7.90.